The molecule has 7 heteroatoms. The number of nitrogens with one attached hydrogen (secondary N) is 1. The molecule has 2 aromatic heterocycles. The maximum Gasteiger partial charge on any atom is 0.339 e. The predicted octanol–water partition coefficient (Wildman–Crippen LogP) is 4.42. The SMILES string of the molecule is O=C(COC(=O)c1cc(-c2ccncc2)nc2ccccc12)NCc1ccccc1Cl. The molecule has 0 aliphatic carbocycles. The first-order chi connectivity index (χ1) is 15.1. The van der Waals surface area contributed by atoms with E-state index in [-0.39, 0.29) is 6.54 Å². The fourth-order valence-corrected chi connectivity index (χ4v) is 3.31. The first-order valence-corrected chi connectivity index (χ1v) is 9.97. The van der Waals surface area contributed by atoms with Crippen LogP contribution in [0.4, 0.5) is 0 Å². The van der Waals surface area contributed by atoms with Gasteiger partial charge in [0.05, 0.1) is 16.8 Å². The molecule has 0 aliphatic rings. The number of para-hydroxylation sites is 1. The molecule has 0 saturated heterocycles. The normalized spacial score (nSPS) is 10.6. The second-order valence-corrected chi connectivity index (χ2v) is 7.16. The van der Waals surface area contributed by atoms with Crippen molar-refractivity contribution in [2.75, 3.05) is 6.61 Å². The van der Waals surface area contributed by atoms with Crippen LogP contribution >= 0.6 is 11.6 Å². The van der Waals surface area contributed by atoms with Gasteiger partial charge in [-0.05, 0) is 35.9 Å². The highest BCUT2D eigenvalue weighted by atomic mass is 35.5. The molecule has 0 spiro atoms. The molecular formula is C24H18ClN3O3. The van der Waals surface area contributed by atoms with Crippen molar-refractivity contribution >= 4 is 34.4 Å². The minimum atomic E-state index is -0.596. The molecule has 6 nitrogen and oxygen atoms in total. The number of pyridine rings is 2. The average Bonchev–Trinajstić information content (AvgIpc) is 2.82. The molecule has 2 aromatic carbocycles. The summed E-state index contributed by atoms with van der Waals surface area (Å²) in [5.74, 6) is -1.01. The van der Waals surface area contributed by atoms with E-state index >= 15 is 0 Å². The van der Waals surface area contributed by atoms with E-state index in [1.165, 1.54) is 0 Å². The zero-order valence-electron chi connectivity index (χ0n) is 16.4. The van der Waals surface area contributed by atoms with Gasteiger partial charge in [-0.1, -0.05) is 48.0 Å². The zero-order valence-corrected chi connectivity index (χ0v) is 17.2. The third-order valence-corrected chi connectivity index (χ3v) is 5.05. The van der Waals surface area contributed by atoms with Gasteiger partial charge in [0.1, 0.15) is 0 Å². The minimum Gasteiger partial charge on any atom is -0.452 e. The zero-order chi connectivity index (χ0) is 21.6. The van der Waals surface area contributed by atoms with Crippen LogP contribution in [0, 0.1) is 0 Å². The lowest BCUT2D eigenvalue weighted by atomic mass is 10.0. The average molecular weight is 432 g/mol. The van der Waals surface area contributed by atoms with E-state index in [0.29, 0.717) is 27.2 Å². The second-order valence-electron chi connectivity index (χ2n) is 6.75. The van der Waals surface area contributed by atoms with Gasteiger partial charge < -0.3 is 10.1 Å². The fraction of sp³-hybridized carbons (Fsp3) is 0.0833. The Labute approximate surface area is 183 Å². The van der Waals surface area contributed by atoms with E-state index in [2.05, 4.69) is 15.3 Å². The van der Waals surface area contributed by atoms with E-state index < -0.39 is 18.5 Å². The first-order valence-electron chi connectivity index (χ1n) is 9.59. The Morgan fingerprint density at radius 3 is 2.52 bits per heavy atom. The van der Waals surface area contributed by atoms with Gasteiger partial charge >= 0.3 is 5.97 Å². The summed E-state index contributed by atoms with van der Waals surface area (Å²) in [5.41, 5.74) is 3.23. The Kier molecular flexibility index (Phi) is 6.19. The molecule has 1 amide bonds. The van der Waals surface area contributed by atoms with Gasteiger partial charge in [0, 0.05) is 34.9 Å². The molecule has 4 aromatic rings. The Hall–Kier alpha value is -3.77. The monoisotopic (exact) mass is 431 g/mol. The van der Waals surface area contributed by atoms with Crippen LogP contribution in [-0.2, 0) is 16.1 Å². The van der Waals surface area contributed by atoms with E-state index in [4.69, 9.17) is 16.3 Å². The molecule has 31 heavy (non-hydrogen) atoms. The number of amides is 1. The summed E-state index contributed by atoms with van der Waals surface area (Å²) in [7, 11) is 0. The van der Waals surface area contributed by atoms with Gasteiger partial charge in [-0.2, -0.15) is 0 Å². The molecule has 0 atom stereocenters. The van der Waals surface area contributed by atoms with Crippen molar-refractivity contribution in [3.8, 4) is 11.3 Å². The third-order valence-electron chi connectivity index (χ3n) is 4.68. The minimum absolute atomic E-state index is 0.250. The number of carbonyl (C=O) groups is 2. The van der Waals surface area contributed by atoms with Crippen LogP contribution in [-0.4, -0.2) is 28.5 Å². The number of fused-ring (bicyclic) bond motifs is 1. The molecule has 0 bridgehead atoms. The maximum absolute atomic E-state index is 12.8. The summed E-state index contributed by atoms with van der Waals surface area (Å²) in [6.45, 7) is -0.148. The lowest BCUT2D eigenvalue weighted by Crippen LogP contribution is -2.28. The summed E-state index contributed by atoms with van der Waals surface area (Å²) in [6.07, 6.45) is 3.32. The van der Waals surface area contributed by atoms with Crippen LogP contribution in [0.5, 0.6) is 0 Å². The van der Waals surface area contributed by atoms with Gasteiger partial charge in [0.2, 0.25) is 0 Å². The second kappa shape index (κ2) is 9.36. The van der Waals surface area contributed by atoms with Crippen molar-refractivity contribution in [3.05, 3.63) is 95.3 Å². The Balaban J connectivity index is 1.49. The molecule has 0 unspecified atom stereocenters. The largest absolute Gasteiger partial charge is 0.452 e. The molecule has 1 N–H and O–H groups in total. The number of benzene rings is 2. The predicted molar refractivity (Wildman–Crippen MR) is 119 cm³/mol. The van der Waals surface area contributed by atoms with Crippen LogP contribution < -0.4 is 5.32 Å². The summed E-state index contributed by atoms with van der Waals surface area (Å²) in [4.78, 5) is 33.6. The third kappa shape index (κ3) is 4.87. The molecular weight excluding hydrogens is 414 g/mol. The highest BCUT2D eigenvalue weighted by Gasteiger charge is 2.16. The van der Waals surface area contributed by atoms with E-state index in [1.54, 1.807) is 30.6 Å². The van der Waals surface area contributed by atoms with Crippen molar-refractivity contribution in [3.63, 3.8) is 0 Å². The van der Waals surface area contributed by atoms with Gasteiger partial charge in [-0.25, -0.2) is 9.78 Å². The fourth-order valence-electron chi connectivity index (χ4n) is 3.11. The summed E-state index contributed by atoms with van der Waals surface area (Å²) in [5, 5.41) is 3.92. The van der Waals surface area contributed by atoms with Gasteiger partial charge in [0.15, 0.2) is 6.61 Å². The van der Waals surface area contributed by atoms with Gasteiger partial charge in [0.25, 0.3) is 5.91 Å². The van der Waals surface area contributed by atoms with Crippen molar-refractivity contribution in [1.82, 2.24) is 15.3 Å². The van der Waals surface area contributed by atoms with Crippen LogP contribution in [0.25, 0.3) is 22.2 Å². The number of nitrogens with zero attached hydrogens (tertiary/aromatic N) is 2. The number of esters is 1. The standard InChI is InChI=1S/C24H18ClN3O3/c25-20-7-3-1-5-17(20)14-27-23(29)15-31-24(30)19-13-22(16-9-11-26-12-10-16)28-21-8-4-2-6-18(19)21/h1-13H,14-15H2,(H,27,29). The number of halogens is 1. The lowest BCUT2D eigenvalue weighted by Gasteiger charge is -2.11. The smallest absolute Gasteiger partial charge is 0.339 e. The quantitative estimate of drug-likeness (QED) is 0.457. The van der Waals surface area contributed by atoms with Crippen molar-refractivity contribution in [1.29, 1.82) is 0 Å². The number of carbonyl (C=O) groups excluding carboxylic acids is 2. The van der Waals surface area contributed by atoms with Crippen LogP contribution in [0.1, 0.15) is 15.9 Å². The molecule has 0 fully saturated rings. The van der Waals surface area contributed by atoms with Gasteiger partial charge in [-0.15, -0.1) is 0 Å². The maximum atomic E-state index is 12.8. The topological polar surface area (TPSA) is 81.2 Å². The van der Waals surface area contributed by atoms with Crippen LogP contribution in [0.3, 0.4) is 0 Å². The van der Waals surface area contributed by atoms with Crippen molar-refractivity contribution in [2.24, 2.45) is 0 Å². The summed E-state index contributed by atoms with van der Waals surface area (Å²) in [6, 6.07) is 19.8. The number of hydrogen-bond donors (Lipinski definition) is 1. The van der Waals surface area contributed by atoms with Crippen LogP contribution in [0.2, 0.25) is 5.02 Å². The van der Waals surface area contributed by atoms with Crippen LogP contribution in [0.15, 0.2) is 79.1 Å². The molecule has 4 rings (SSSR count). The Morgan fingerprint density at radius 1 is 0.968 bits per heavy atom. The number of ether oxygens (including phenoxy) is 1. The van der Waals surface area contributed by atoms with Crippen molar-refractivity contribution in [2.45, 2.75) is 6.54 Å². The number of aromatic nitrogens is 2. The Morgan fingerprint density at radius 2 is 1.71 bits per heavy atom. The number of rotatable bonds is 6. The summed E-state index contributed by atoms with van der Waals surface area (Å²) >= 11 is 6.09. The van der Waals surface area contributed by atoms with E-state index in [9.17, 15) is 9.59 Å². The highest BCUT2D eigenvalue weighted by molar-refractivity contribution is 6.31. The molecule has 2 heterocycles. The molecule has 0 aliphatic heterocycles. The van der Waals surface area contributed by atoms with E-state index in [1.807, 2.05) is 48.5 Å². The number of hydrogen-bond acceptors (Lipinski definition) is 5. The molecule has 0 saturated carbocycles. The van der Waals surface area contributed by atoms with E-state index in [0.717, 1.165) is 11.1 Å². The summed E-state index contributed by atoms with van der Waals surface area (Å²) < 4.78 is 5.28. The lowest BCUT2D eigenvalue weighted by molar-refractivity contribution is -0.124. The highest BCUT2D eigenvalue weighted by Crippen LogP contribution is 2.25. The molecule has 154 valence electrons. The van der Waals surface area contributed by atoms with Gasteiger partial charge in [-0.3, -0.25) is 9.78 Å². The Bertz CT molecular complexity index is 1250. The van der Waals surface area contributed by atoms with Crippen molar-refractivity contribution < 1.29 is 14.3 Å². The first kappa shape index (κ1) is 20.5. The molecule has 0 radical (unpaired) electrons.